The van der Waals surface area contributed by atoms with E-state index in [9.17, 15) is 9.90 Å². The monoisotopic (exact) mass is 510 g/mol. The van der Waals surface area contributed by atoms with E-state index in [2.05, 4.69) is 37.9 Å². The number of anilines is 2. The van der Waals surface area contributed by atoms with Gasteiger partial charge in [0, 0.05) is 30.3 Å². The first-order valence-electron chi connectivity index (χ1n) is 13.0. The van der Waals surface area contributed by atoms with Gasteiger partial charge in [-0.15, -0.1) is 0 Å². The Bertz CT molecular complexity index is 1190. The summed E-state index contributed by atoms with van der Waals surface area (Å²) in [6.45, 7) is 5.25. The molecule has 0 saturated carbocycles. The summed E-state index contributed by atoms with van der Waals surface area (Å²) in [5.74, 6) is 1.75. The largest absolute Gasteiger partial charge is 0.496 e. The molecule has 1 saturated heterocycles. The molecule has 0 aliphatic carbocycles. The van der Waals surface area contributed by atoms with Crippen molar-refractivity contribution in [2.45, 2.75) is 51.6 Å². The van der Waals surface area contributed by atoms with Gasteiger partial charge in [-0.05, 0) is 56.8 Å². The van der Waals surface area contributed by atoms with Crippen molar-refractivity contribution < 1.29 is 14.6 Å². The number of fused-ring (bicyclic) bond motifs is 1. The molecule has 6 N–H and O–H groups in total. The third-order valence-electron chi connectivity index (χ3n) is 6.84. The molecule has 1 fully saturated rings. The van der Waals surface area contributed by atoms with Crippen molar-refractivity contribution in [3.63, 3.8) is 0 Å². The van der Waals surface area contributed by atoms with Gasteiger partial charge in [-0.2, -0.15) is 10.1 Å². The molecule has 1 aliphatic heterocycles. The van der Waals surface area contributed by atoms with Gasteiger partial charge in [-0.25, -0.2) is 4.98 Å². The zero-order valence-corrected chi connectivity index (χ0v) is 21.7. The van der Waals surface area contributed by atoms with Crippen LogP contribution in [0.1, 0.15) is 54.9 Å². The number of amides is 1. The van der Waals surface area contributed by atoms with Crippen LogP contribution >= 0.6 is 0 Å². The second kappa shape index (κ2) is 12.7. The van der Waals surface area contributed by atoms with Crippen molar-refractivity contribution in [2.75, 3.05) is 44.4 Å². The minimum absolute atomic E-state index is 0.0491. The summed E-state index contributed by atoms with van der Waals surface area (Å²) in [5.41, 5.74) is 8.74. The van der Waals surface area contributed by atoms with Crippen LogP contribution in [0.3, 0.4) is 0 Å². The second-order valence-corrected chi connectivity index (χ2v) is 9.54. The zero-order valence-electron chi connectivity index (χ0n) is 21.7. The second-order valence-electron chi connectivity index (χ2n) is 9.54. The fraction of sp³-hybridized carbons (Fsp3) is 0.538. The van der Waals surface area contributed by atoms with Gasteiger partial charge in [0.25, 0.3) is 5.91 Å². The average molecular weight is 511 g/mol. The number of methoxy groups -OCH3 is 1. The molecule has 1 aliphatic rings. The average Bonchev–Trinajstić information content (AvgIpc) is 3.30. The molecule has 4 rings (SSSR count). The quantitative estimate of drug-likeness (QED) is 0.247. The molecule has 2 aromatic heterocycles. The molecule has 0 radical (unpaired) electrons. The van der Waals surface area contributed by atoms with Crippen LogP contribution in [0, 0.1) is 5.92 Å². The number of nitrogen functional groups attached to an aromatic ring is 1. The predicted molar refractivity (Wildman–Crippen MR) is 144 cm³/mol. The van der Waals surface area contributed by atoms with Gasteiger partial charge in [0.2, 0.25) is 5.95 Å². The highest BCUT2D eigenvalue weighted by atomic mass is 16.5. The maximum absolute atomic E-state index is 12.8. The van der Waals surface area contributed by atoms with E-state index in [0.29, 0.717) is 48.1 Å². The standard InChI is InChI=1S/C26H38N8O3/c1-3-4-20(9-12-35)31-24-23-21(32-26(27)33-24)15-30-34(23)16-19-6-5-18(13-22(19)37-2)25(36)29-14-17-7-10-28-11-8-17/h5-6,13,15,17,20,28,35H,3-4,7-12,14,16H2,1-2H3,(H,29,36)(H3,27,31,32,33)/t20-/m0/s1. The Morgan fingerprint density at radius 3 is 2.84 bits per heavy atom. The van der Waals surface area contributed by atoms with E-state index in [4.69, 9.17) is 10.5 Å². The van der Waals surface area contributed by atoms with E-state index in [1.807, 2.05) is 12.1 Å². The highest BCUT2D eigenvalue weighted by molar-refractivity contribution is 5.94. The molecule has 0 bridgehead atoms. The van der Waals surface area contributed by atoms with Crippen molar-refractivity contribution in [1.29, 1.82) is 0 Å². The van der Waals surface area contributed by atoms with E-state index >= 15 is 0 Å². The fourth-order valence-electron chi connectivity index (χ4n) is 4.83. The Morgan fingerprint density at radius 2 is 2.11 bits per heavy atom. The molecule has 0 spiro atoms. The summed E-state index contributed by atoms with van der Waals surface area (Å²) in [6.07, 6.45) is 6.26. The number of rotatable bonds is 12. The highest BCUT2D eigenvalue weighted by Gasteiger charge is 2.19. The van der Waals surface area contributed by atoms with Crippen LogP contribution in [0.25, 0.3) is 11.0 Å². The zero-order chi connectivity index (χ0) is 26.2. The first-order chi connectivity index (χ1) is 18.0. The third kappa shape index (κ3) is 6.66. The number of hydrogen-bond donors (Lipinski definition) is 5. The van der Waals surface area contributed by atoms with Gasteiger partial charge in [0.05, 0.1) is 19.9 Å². The SMILES string of the molecule is CCC[C@@H](CCO)Nc1nc(N)nc2cnn(Cc3ccc(C(=O)NCC4CCNCC4)cc3OC)c12. The van der Waals surface area contributed by atoms with Crippen molar-refractivity contribution in [3.8, 4) is 5.75 Å². The summed E-state index contributed by atoms with van der Waals surface area (Å²) >= 11 is 0. The lowest BCUT2D eigenvalue weighted by molar-refractivity contribution is 0.0944. The van der Waals surface area contributed by atoms with Crippen molar-refractivity contribution in [2.24, 2.45) is 5.92 Å². The van der Waals surface area contributed by atoms with E-state index in [1.54, 1.807) is 24.1 Å². The molecule has 1 amide bonds. The number of aromatic nitrogens is 4. The van der Waals surface area contributed by atoms with Crippen LogP contribution in [-0.4, -0.2) is 70.2 Å². The van der Waals surface area contributed by atoms with Gasteiger partial charge < -0.3 is 31.5 Å². The Kier molecular flexibility index (Phi) is 9.13. The predicted octanol–water partition coefficient (Wildman–Crippen LogP) is 2.16. The van der Waals surface area contributed by atoms with Crippen LogP contribution in [0.5, 0.6) is 5.75 Å². The maximum Gasteiger partial charge on any atom is 0.251 e. The number of aliphatic hydroxyl groups excluding tert-OH is 1. The molecule has 200 valence electrons. The third-order valence-corrected chi connectivity index (χ3v) is 6.84. The van der Waals surface area contributed by atoms with Crippen molar-refractivity contribution in [3.05, 3.63) is 35.5 Å². The number of nitrogens with one attached hydrogen (secondary N) is 3. The van der Waals surface area contributed by atoms with Crippen molar-refractivity contribution >= 4 is 28.7 Å². The number of piperidine rings is 1. The number of carbonyl (C=O) groups is 1. The van der Waals surface area contributed by atoms with E-state index in [-0.39, 0.29) is 24.5 Å². The minimum Gasteiger partial charge on any atom is -0.496 e. The van der Waals surface area contributed by atoms with Gasteiger partial charge in [-0.1, -0.05) is 19.4 Å². The molecule has 1 atom stereocenters. The molecule has 3 heterocycles. The van der Waals surface area contributed by atoms with Crippen LogP contribution in [-0.2, 0) is 6.54 Å². The molecule has 0 unspecified atom stereocenters. The summed E-state index contributed by atoms with van der Waals surface area (Å²) in [4.78, 5) is 21.6. The van der Waals surface area contributed by atoms with Crippen molar-refractivity contribution in [1.82, 2.24) is 30.4 Å². The molecule has 37 heavy (non-hydrogen) atoms. The lowest BCUT2D eigenvalue weighted by atomic mass is 9.98. The number of nitrogens with two attached hydrogens (primary N) is 1. The van der Waals surface area contributed by atoms with Gasteiger partial charge in [-0.3, -0.25) is 9.48 Å². The number of carbonyl (C=O) groups excluding carboxylic acids is 1. The molecule has 1 aromatic carbocycles. The van der Waals surface area contributed by atoms with Gasteiger partial charge in [0.1, 0.15) is 16.8 Å². The Morgan fingerprint density at radius 1 is 1.30 bits per heavy atom. The first-order valence-corrected chi connectivity index (χ1v) is 13.0. The fourth-order valence-corrected chi connectivity index (χ4v) is 4.83. The topological polar surface area (TPSA) is 152 Å². The molecule has 11 nitrogen and oxygen atoms in total. The van der Waals surface area contributed by atoms with E-state index in [0.717, 1.165) is 49.9 Å². The summed E-state index contributed by atoms with van der Waals surface area (Å²) in [5, 5.41) is 23.9. The Labute approximate surface area is 217 Å². The minimum atomic E-state index is -0.103. The van der Waals surface area contributed by atoms with Gasteiger partial charge >= 0.3 is 0 Å². The smallest absolute Gasteiger partial charge is 0.251 e. The normalized spacial score (nSPS) is 15.0. The summed E-state index contributed by atoms with van der Waals surface area (Å²) in [7, 11) is 1.60. The molecular weight excluding hydrogens is 472 g/mol. The lowest BCUT2D eigenvalue weighted by Crippen LogP contribution is -2.36. The lowest BCUT2D eigenvalue weighted by Gasteiger charge is -2.22. The number of benzene rings is 1. The van der Waals surface area contributed by atoms with Crippen LogP contribution < -0.4 is 26.4 Å². The van der Waals surface area contributed by atoms with Crippen LogP contribution in [0.2, 0.25) is 0 Å². The summed E-state index contributed by atoms with van der Waals surface area (Å²) < 4.78 is 7.44. The van der Waals surface area contributed by atoms with E-state index in [1.165, 1.54) is 0 Å². The number of aliphatic hydroxyl groups is 1. The Balaban J connectivity index is 1.54. The molecule has 3 aromatic rings. The number of ether oxygens (including phenoxy) is 1. The number of nitrogens with zero attached hydrogens (tertiary/aromatic N) is 4. The van der Waals surface area contributed by atoms with Crippen LogP contribution in [0.15, 0.2) is 24.4 Å². The first kappa shape index (κ1) is 26.6. The molecular formula is C26H38N8O3. The summed E-state index contributed by atoms with van der Waals surface area (Å²) in [6, 6.07) is 5.52. The molecule has 11 heteroatoms. The Hall–Kier alpha value is -3.44. The highest BCUT2D eigenvalue weighted by Crippen LogP contribution is 2.27. The van der Waals surface area contributed by atoms with E-state index < -0.39 is 0 Å². The van der Waals surface area contributed by atoms with Crippen LogP contribution in [0.4, 0.5) is 11.8 Å². The maximum atomic E-state index is 12.8. The van der Waals surface area contributed by atoms with Gasteiger partial charge in [0.15, 0.2) is 5.82 Å². The number of hydrogen-bond acceptors (Lipinski definition) is 9.